The van der Waals surface area contributed by atoms with Crippen LogP contribution in [0.1, 0.15) is 11.1 Å². The van der Waals surface area contributed by atoms with Crippen molar-refractivity contribution in [3.05, 3.63) is 29.1 Å². The topological polar surface area (TPSA) is 24.5 Å². The van der Waals surface area contributed by atoms with Gasteiger partial charge in [-0.1, -0.05) is 6.07 Å². The quantitative estimate of drug-likeness (QED) is 0.834. The Morgan fingerprint density at radius 1 is 1.29 bits per heavy atom. The first-order valence-corrected chi connectivity index (χ1v) is 6.21. The van der Waals surface area contributed by atoms with E-state index >= 15 is 0 Å². The van der Waals surface area contributed by atoms with Gasteiger partial charge in [0.15, 0.2) is 0 Å². The molecule has 2 heterocycles. The molecule has 1 aromatic rings. The normalized spacial score (nSPS) is 20.1. The van der Waals surface area contributed by atoms with Crippen LogP contribution in [0.15, 0.2) is 12.1 Å². The van der Waals surface area contributed by atoms with E-state index in [0.717, 1.165) is 43.1 Å². The summed E-state index contributed by atoms with van der Waals surface area (Å²) in [7, 11) is 0. The second kappa shape index (κ2) is 4.63. The molecule has 0 spiro atoms. The molecule has 0 atom stereocenters. The number of fused-ring (bicyclic) bond motifs is 1. The van der Waals surface area contributed by atoms with E-state index in [2.05, 4.69) is 10.2 Å². The zero-order valence-corrected chi connectivity index (χ0v) is 9.84. The van der Waals surface area contributed by atoms with Crippen molar-refractivity contribution in [1.82, 2.24) is 10.2 Å². The second-order valence-corrected chi connectivity index (χ2v) is 4.64. The number of hydrogen-bond donors (Lipinski definition) is 1. The Bertz CT molecular complexity index is 416. The second-order valence-electron chi connectivity index (χ2n) is 4.64. The fourth-order valence-corrected chi connectivity index (χ4v) is 2.52. The highest BCUT2D eigenvalue weighted by atomic mass is 19.1. The first-order chi connectivity index (χ1) is 8.34. The molecule has 0 bridgehead atoms. The molecule has 4 heteroatoms. The SMILES string of the molecule is Fc1c(CN2CCNCC2)ccc2c1CCO2. The van der Waals surface area contributed by atoms with Gasteiger partial charge in [-0.15, -0.1) is 0 Å². The van der Waals surface area contributed by atoms with Crippen LogP contribution in [-0.4, -0.2) is 37.7 Å². The van der Waals surface area contributed by atoms with E-state index in [-0.39, 0.29) is 5.82 Å². The van der Waals surface area contributed by atoms with Gasteiger partial charge in [-0.2, -0.15) is 0 Å². The van der Waals surface area contributed by atoms with E-state index in [9.17, 15) is 4.39 Å². The highest BCUT2D eigenvalue weighted by molar-refractivity contribution is 5.41. The third kappa shape index (κ3) is 2.15. The summed E-state index contributed by atoms with van der Waals surface area (Å²) in [6, 6.07) is 3.77. The number of halogens is 1. The van der Waals surface area contributed by atoms with Crippen LogP contribution < -0.4 is 10.1 Å². The Balaban J connectivity index is 1.78. The van der Waals surface area contributed by atoms with Crippen molar-refractivity contribution in [2.75, 3.05) is 32.8 Å². The fourth-order valence-electron chi connectivity index (χ4n) is 2.52. The molecule has 92 valence electrons. The van der Waals surface area contributed by atoms with E-state index in [0.29, 0.717) is 19.6 Å². The molecule has 1 aromatic carbocycles. The Kier molecular flexibility index (Phi) is 2.99. The lowest BCUT2D eigenvalue weighted by molar-refractivity contribution is 0.230. The summed E-state index contributed by atoms with van der Waals surface area (Å²) >= 11 is 0. The van der Waals surface area contributed by atoms with E-state index in [4.69, 9.17) is 4.74 Å². The zero-order chi connectivity index (χ0) is 11.7. The molecule has 3 rings (SSSR count). The van der Waals surface area contributed by atoms with Gasteiger partial charge in [-0.3, -0.25) is 4.90 Å². The summed E-state index contributed by atoms with van der Waals surface area (Å²) in [6.07, 6.45) is 0.705. The van der Waals surface area contributed by atoms with Crippen LogP contribution >= 0.6 is 0 Å². The van der Waals surface area contributed by atoms with Gasteiger partial charge >= 0.3 is 0 Å². The van der Waals surface area contributed by atoms with Crippen molar-refractivity contribution in [2.45, 2.75) is 13.0 Å². The average Bonchev–Trinajstić information content (AvgIpc) is 2.83. The standard InChI is InChI=1S/C13H17FN2O/c14-13-10(9-16-6-4-15-5-7-16)1-2-12-11(13)3-8-17-12/h1-2,15H,3-9H2. The Morgan fingerprint density at radius 3 is 2.94 bits per heavy atom. The van der Waals surface area contributed by atoms with Crippen molar-refractivity contribution >= 4 is 0 Å². The van der Waals surface area contributed by atoms with Gasteiger partial charge in [-0.25, -0.2) is 4.39 Å². The fraction of sp³-hybridized carbons (Fsp3) is 0.538. The minimum absolute atomic E-state index is 0.0569. The largest absolute Gasteiger partial charge is 0.493 e. The van der Waals surface area contributed by atoms with Crippen molar-refractivity contribution < 1.29 is 9.13 Å². The van der Waals surface area contributed by atoms with Crippen molar-refractivity contribution in [3.8, 4) is 5.75 Å². The molecule has 0 amide bonds. The number of piperazine rings is 1. The van der Waals surface area contributed by atoms with E-state index < -0.39 is 0 Å². The number of nitrogens with zero attached hydrogens (tertiary/aromatic N) is 1. The van der Waals surface area contributed by atoms with Gasteiger partial charge in [0.2, 0.25) is 0 Å². The number of ether oxygens (including phenoxy) is 1. The number of hydrogen-bond acceptors (Lipinski definition) is 3. The summed E-state index contributed by atoms with van der Waals surface area (Å²) in [4.78, 5) is 2.29. The molecular weight excluding hydrogens is 219 g/mol. The first kappa shape index (κ1) is 11.0. The summed E-state index contributed by atoms with van der Waals surface area (Å²) in [5, 5.41) is 3.30. The van der Waals surface area contributed by atoms with E-state index in [1.54, 1.807) is 0 Å². The molecule has 0 unspecified atom stereocenters. The minimum Gasteiger partial charge on any atom is -0.493 e. The Hall–Kier alpha value is -1.13. The summed E-state index contributed by atoms with van der Waals surface area (Å²) in [5.74, 6) is 0.671. The lowest BCUT2D eigenvalue weighted by atomic mass is 10.1. The molecule has 2 aliphatic heterocycles. The van der Waals surface area contributed by atoms with Crippen LogP contribution in [0.3, 0.4) is 0 Å². The van der Waals surface area contributed by atoms with Crippen LogP contribution in [-0.2, 0) is 13.0 Å². The Labute approximate surface area is 101 Å². The summed E-state index contributed by atoms with van der Waals surface area (Å²) in [6.45, 7) is 5.30. The zero-order valence-electron chi connectivity index (χ0n) is 9.84. The lowest BCUT2D eigenvalue weighted by Gasteiger charge is -2.27. The lowest BCUT2D eigenvalue weighted by Crippen LogP contribution is -2.43. The van der Waals surface area contributed by atoms with E-state index in [1.165, 1.54) is 0 Å². The highest BCUT2D eigenvalue weighted by Crippen LogP contribution is 2.29. The molecule has 0 aliphatic carbocycles. The molecule has 2 aliphatic rings. The van der Waals surface area contributed by atoms with Crippen LogP contribution in [0.5, 0.6) is 5.75 Å². The van der Waals surface area contributed by atoms with E-state index in [1.807, 2.05) is 12.1 Å². The predicted molar refractivity (Wildman–Crippen MR) is 63.7 cm³/mol. The molecular formula is C13H17FN2O. The summed E-state index contributed by atoms with van der Waals surface area (Å²) < 4.78 is 19.6. The van der Waals surface area contributed by atoms with Crippen LogP contribution in [0, 0.1) is 5.82 Å². The van der Waals surface area contributed by atoms with Gasteiger partial charge in [0.25, 0.3) is 0 Å². The van der Waals surface area contributed by atoms with Crippen molar-refractivity contribution in [3.63, 3.8) is 0 Å². The van der Waals surface area contributed by atoms with Crippen molar-refractivity contribution in [1.29, 1.82) is 0 Å². The third-order valence-electron chi connectivity index (χ3n) is 3.49. The third-order valence-corrected chi connectivity index (χ3v) is 3.49. The molecule has 1 saturated heterocycles. The van der Waals surface area contributed by atoms with Crippen LogP contribution in [0.25, 0.3) is 0 Å². The maximum Gasteiger partial charge on any atom is 0.134 e. The highest BCUT2D eigenvalue weighted by Gasteiger charge is 2.20. The van der Waals surface area contributed by atoms with Gasteiger partial charge in [-0.05, 0) is 6.07 Å². The molecule has 0 radical (unpaired) electrons. The molecule has 3 nitrogen and oxygen atoms in total. The smallest absolute Gasteiger partial charge is 0.134 e. The first-order valence-electron chi connectivity index (χ1n) is 6.21. The summed E-state index contributed by atoms with van der Waals surface area (Å²) in [5.41, 5.74) is 1.56. The predicted octanol–water partition coefficient (Wildman–Crippen LogP) is 1.17. The maximum atomic E-state index is 14.2. The average molecular weight is 236 g/mol. The number of rotatable bonds is 2. The van der Waals surface area contributed by atoms with Gasteiger partial charge in [0, 0.05) is 50.3 Å². The molecule has 0 saturated carbocycles. The molecule has 0 aromatic heterocycles. The molecule has 1 N–H and O–H groups in total. The van der Waals surface area contributed by atoms with Crippen LogP contribution in [0.2, 0.25) is 0 Å². The molecule has 1 fully saturated rings. The maximum absolute atomic E-state index is 14.2. The van der Waals surface area contributed by atoms with Crippen molar-refractivity contribution in [2.24, 2.45) is 0 Å². The van der Waals surface area contributed by atoms with Gasteiger partial charge in [0.1, 0.15) is 11.6 Å². The van der Waals surface area contributed by atoms with Gasteiger partial charge in [0.05, 0.1) is 6.61 Å². The van der Waals surface area contributed by atoms with Crippen LogP contribution in [0.4, 0.5) is 4.39 Å². The minimum atomic E-state index is -0.0569. The number of nitrogens with one attached hydrogen (secondary N) is 1. The number of benzene rings is 1. The Morgan fingerprint density at radius 2 is 2.12 bits per heavy atom. The van der Waals surface area contributed by atoms with Gasteiger partial charge < -0.3 is 10.1 Å². The monoisotopic (exact) mass is 236 g/mol. The molecule has 17 heavy (non-hydrogen) atoms.